The fraction of sp³-hybridized carbons (Fsp3) is 0.167. The minimum absolute atomic E-state index is 0.0108. The molecule has 4 nitrogen and oxygen atoms in total. The number of Topliss-reactive ketones (excluding diaryl/α,β-unsaturated/α-hetero) is 1. The summed E-state index contributed by atoms with van der Waals surface area (Å²) in [5, 5.41) is 8.83. The highest BCUT2D eigenvalue weighted by Crippen LogP contribution is 2.14. The van der Waals surface area contributed by atoms with E-state index in [0.717, 1.165) is 6.08 Å². The molecule has 1 rings (SSSR count). The number of allylic oxidation sites excluding steroid dienone is 4. The number of carbonyl (C=O) groups is 2. The normalized spacial score (nSPS) is 15.5. The molecule has 0 spiro atoms. The summed E-state index contributed by atoms with van der Waals surface area (Å²) in [7, 11) is 0. The number of carbonyl (C=O) groups excluding carboxylic acids is 2. The molecule has 0 atom stereocenters. The lowest BCUT2D eigenvalue weighted by Crippen LogP contribution is -2.25. The quantitative estimate of drug-likeness (QED) is 0.473. The maximum Gasteiger partial charge on any atom is 0.208 e. The molecule has 3 N–H and O–H groups in total. The molecule has 0 amide bonds. The number of hydrogen-bond donors (Lipinski definition) is 2. The van der Waals surface area contributed by atoms with Crippen LogP contribution < -0.4 is 5.73 Å². The molecule has 0 aromatic carbocycles. The van der Waals surface area contributed by atoms with Crippen molar-refractivity contribution >= 4 is 11.6 Å². The third-order valence-electron chi connectivity index (χ3n) is 1.93. The Kier molecular flexibility index (Phi) is 3.44. The van der Waals surface area contributed by atoms with E-state index >= 15 is 0 Å². The van der Waals surface area contributed by atoms with Crippen molar-refractivity contribution < 1.29 is 14.7 Å². The lowest BCUT2D eigenvalue weighted by molar-refractivity contribution is -0.116. The van der Waals surface area contributed by atoms with Crippen LogP contribution in [0.15, 0.2) is 35.1 Å². The number of aliphatic hydroxyl groups excluding tert-OH is 1. The van der Waals surface area contributed by atoms with Gasteiger partial charge in [-0.15, -0.1) is 0 Å². The van der Waals surface area contributed by atoms with E-state index in [4.69, 9.17) is 10.8 Å². The first-order chi connectivity index (χ1) is 7.47. The van der Waals surface area contributed by atoms with Gasteiger partial charge in [0.15, 0.2) is 5.78 Å². The smallest absolute Gasteiger partial charge is 0.208 e. The second kappa shape index (κ2) is 4.60. The average Bonchev–Trinajstić information content (AvgIpc) is 2.22. The molecule has 0 radical (unpaired) electrons. The van der Waals surface area contributed by atoms with E-state index in [1.54, 1.807) is 6.92 Å². The second-order valence-corrected chi connectivity index (χ2v) is 3.34. The Balaban J connectivity index is 3.19. The van der Waals surface area contributed by atoms with Crippen LogP contribution >= 0.6 is 0 Å². The van der Waals surface area contributed by atoms with Gasteiger partial charge in [-0.05, 0) is 18.6 Å². The highest BCUT2D eigenvalue weighted by molar-refractivity contribution is 6.24. The second-order valence-electron chi connectivity index (χ2n) is 3.34. The summed E-state index contributed by atoms with van der Waals surface area (Å²) in [5.74, 6) is 4.08. The van der Waals surface area contributed by atoms with Crippen LogP contribution in [0.1, 0.15) is 6.92 Å². The van der Waals surface area contributed by atoms with Crippen molar-refractivity contribution in [1.29, 1.82) is 0 Å². The Labute approximate surface area is 93.1 Å². The van der Waals surface area contributed by atoms with Crippen LogP contribution in [0.2, 0.25) is 0 Å². The van der Waals surface area contributed by atoms with Gasteiger partial charge in [0.1, 0.15) is 0 Å². The van der Waals surface area contributed by atoms with E-state index in [-0.39, 0.29) is 16.8 Å². The number of hydrogen-bond acceptors (Lipinski definition) is 4. The van der Waals surface area contributed by atoms with E-state index in [2.05, 4.69) is 18.4 Å². The largest absolute Gasteiger partial charge is 0.394 e. The predicted octanol–water partition coefficient (Wildman–Crippen LogP) is -0.151. The SMILES string of the molecule is C=C(C)C#CC1=C(N)C(=O)C(CO)=CC1=O. The number of nitrogens with two attached hydrogens (primary N) is 1. The third kappa shape index (κ3) is 2.27. The van der Waals surface area contributed by atoms with Crippen LogP contribution in [0.3, 0.4) is 0 Å². The summed E-state index contributed by atoms with van der Waals surface area (Å²) < 4.78 is 0. The van der Waals surface area contributed by atoms with Gasteiger partial charge < -0.3 is 10.8 Å². The van der Waals surface area contributed by atoms with Gasteiger partial charge in [-0.2, -0.15) is 0 Å². The van der Waals surface area contributed by atoms with Crippen LogP contribution in [0.5, 0.6) is 0 Å². The maximum atomic E-state index is 11.5. The Bertz CT molecular complexity index is 498. The molecule has 82 valence electrons. The van der Waals surface area contributed by atoms with Gasteiger partial charge in [-0.1, -0.05) is 18.4 Å². The molecule has 0 heterocycles. The molecular weight excluding hydrogens is 206 g/mol. The molecular formula is C12H11NO3. The average molecular weight is 217 g/mol. The van der Waals surface area contributed by atoms with Gasteiger partial charge in [0.05, 0.1) is 17.9 Å². The molecule has 1 aliphatic carbocycles. The molecule has 0 unspecified atom stereocenters. The topological polar surface area (TPSA) is 80.4 Å². The highest BCUT2D eigenvalue weighted by atomic mass is 16.3. The minimum Gasteiger partial charge on any atom is -0.394 e. The zero-order valence-electron chi connectivity index (χ0n) is 8.83. The molecule has 0 aliphatic heterocycles. The van der Waals surface area contributed by atoms with E-state index < -0.39 is 18.2 Å². The van der Waals surface area contributed by atoms with E-state index in [1.165, 1.54) is 0 Å². The standard InChI is InChI=1S/C12H11NO3/c1-7(2)3-4-9-10(15)5-8(6-14)12(16)11(9)13/h5,14H,1,6,13H2,2H3. The maximum absolute atomic E-state index is 11.5. The van der Waals surface area contributed by atoms with E-state index in [1.807, 2.05) is 0 Å². The van der Waals surface area contributed by atoms with Crippen molar-refractivity contribution in [3.8, 4) is 11.8 Å². The molecule has 0 saturated heterocycles. The number of rotatable bonds is 1. The summed E-state index contributed by atoms with van der Waals surface area (Å²) in [5.41, 5.74) is 5.79. The first-order valence-electron chi connectivity index (χ1n) is 4.55. The van der Waals surface area contributed by atoms with Crippen LogP contribution in [-0.2, 0) is 9.59 Å². The first kappa shape index (κ1) is 12.0. The van der Waals surface area contributed by atoms with Crippen LogP contribution in [0.25, 0.3) is 0 Å². The zero-order chi connectivity index (χ0) is 12.3. The monoisotopic (exact) mass is 217 g/mol. The van der Waals surface area contributed by atoms with Crippen molar-refractivity contribution in [3.63, 3.8) is 0 Å². The van der Waals surface area contributed by atoms with Gasteiger partial charge in [-0.25, -0.2) is 0 Å². The predicted molar refractivity (Wildman–Crippen MR) is 59.0 cm³/mol. The molecule has 0 saturated carbocycles. The third-order valence-corrected chi connectivity index (χ3v) is 1.93. The molecule has 0 aromatic heterocycles. The summed E-state index contributed by atoms with van der Waals surface area (Å²) in [6, 6.07) is 0. The highest BCUT2D eigenvalue weighted by Gasteiger charge is 2.24. The summed E-state index contributed by atoms with van der Waals surface area (Å²) in [4.78, 5) is 23.0. The molecule has 4 heteroatoms. The lowest BCUT2D eigenvalue weighted by atomic mass is 9.94. The fourth-order valence-corrected chi connectivity index (χ4v) is 1.13. The van der Waals surface area contributed by atoms with Crippen LogP contribution in [0.4, 0.5) is 0 Å². The zero-order valence-corrected chi connectivity index (χ0v) is 8.83. The molecule has 16 heavy (non-hydrogen) atoms. The first-order valence-corrected chi connectivity index (χ1v) is 4.55. The van der Waals surface area contributed by atoms with Gasteiger partial charge in [0, 0.05) is 5.57 Å². The van der Waals surface area contributed by atoms with Crippen molar-refractivity contribution in [2.24, 2.45) is 5.73 Å². The molecule has 0 fully saturated rings. The van der Waals surface area contributed by atoms with E-state index in [9.17, 15) is 9.59 Å². The molecule has 0 bridgehead atoms. The van der Waals surface area contributed by atoms with Crippen molar-refractivity contribution in [2.45, 2.75) is 6.92 Å². The van der Waals surface area contributed by atoms with E-state index in [0.29, 0.717) is 5.57 Å². The Morgan fingerprint density at radius 3 is 2.69 bits per heavy atom. The molecule has 0 aromatic rings. The van der Waals surface area contributed by atoms with Crippen molar-refractivity contribution in [2.75, 3.05) is 6.61 Å². The number of aliphatic hydroxyl groups is 1. The summed E-state index contributed by atoms with van der Waals surface area (Å²) in [6.45, 7) is 4.72. The van der Waals surface area contributed by atoms with Gasteiger partial charge >= 0.3 is 0 Å². The van der Waals surface area contributed by atoms with Crippen molar-refractivity contribution in [1.82, 2.24) is 0 Å². The summed E-state index contributed by atoms with van der Waals surface area (Å²) >= 11 is 0. The van der Waals surface area contributed by atoms with Gasteiger partial charge in [0.2, 0.25) is 5.78 Å². The Hall–Kier alpha value is -2.12. The van der Waals surface area contributed by atoms with Crippen molar-refractivity contribution in [3.05, 3.63) is 35.1 Å². The molecule has 1 aliphatic rings. The Morgan fingerprint density at radius 1 is 1.56 bits per heavy atom. The minimum atomic E-state index is -0.548. The fourth-order valence-electron chi connectivity index (χ4n) is 1.13. The lowest BCUT2D eigenvalue weighted by Gasteiger charge is -2.10. The Morgan fingerprint density at radius 2 is 2.19 bits per heavy atom. The van der Waals surface area contributed by atoms with Crippen LogP contribution in [-0.4, -0.2) is 23.3 Å². The van der Waals surface area contributed by atoms with Crippen LogP contribution in [0, 0.1) is 11.8 Å². The summed E-state index contributed by atoms with van der Waals surface area (Å²) in [6.07, 6.45) is 1.06. The van der Waals surface area contributed by atoms with Gasteiger partial charge in [-0.3, -0.25) is 9.59 Å². The number of ketones is 2. The van der Waals surface area contributed by atoms with Gasteiger partial charge in [0.25, 0.3) is 0 Å².